The smallest absolute Gasteiger partial charge is 0.139 e. The third kappa shape index (κ3) is 3.55. The average Bonchev–Trinajstić information content (AvgIpc) is 2.79. The molecule has 0 fully saturated rings. The molecule has 2 rings (SSSR count). The van der Waals surface area contributed by atoms with Gasteiger partial charge in [0.25, 0.3) is 0 Å². The molecule has 108 valence electrons. The summed E-state index contributed by atoms with van der Waals surface area (Å²) in [6.45, 7) is 6.48. The van der Waals surface area contributed by atoms with Crippen LogP contribution in [0.15, 0.2) is 30.1 Å². The van der Waals surface area contributed by atoms with Gasteiger partial charge in [0.2, 0.25) is 0 Å². The summed E-state index contributed by atoms with van der Waals surface area (Å²) in [5, 5.41) is 1.08. The molecule has 3 nitrogen and oxygen atoms in total. The second kappa shape index (κ2) is 5.89. The van der Waals surface area contributed by atoms with Crippen LogP contribution in [0.4, 0.5) is 4.39 Å². The van der Waals surface area contributed by atoms with Crippen molar-refractivity contribution in [2.75, 3.05) is 13.2 Å². The molecular weight excluding hydrogens is 275 g/mol. The van der Waals surface area contributed by atoms with Crippen molar-refractivity contribution in [3.8, 4) is 5.75 Å². The normalized spacial score (nSPS) is 12.9. The SMILES string of the molecule is CC(C)(C)c1nc2cc(OC/C(F)=C\CN)ccc2s1. The lowest BCUT2D eigenvalue weighted by molar-refractivity contribution is 0.318. The molecule has 0 amide bonds. The van der Waals surface area contributed by atoms with E-state index in [1.54, 1.807) is 11.3 Å². The monoisotopic (exact) mass is 294 g/mol. The fourth-order valence-corrected chi connectivity index (χ4v) is 2.66. The quantitative estimate of drug-likeness (QED) is 0.933. The average molecular weight is 294 g/mol. The van der Waals surface area contributed by atoms with Gasteiger partial charge in [-0.15, -0.1) is 11.3 Å². The Morgan fingerprint density at radius 1 is 1.45 bits per heavy atom. The summed E-state index contributed by atoms with van der Waals surface area (Å²) in [4.78, 5) is 4.62. The van der Waals surface area contributed by atoms with Gasteiger partial charge in [-0.1, -0.05) is 20.8 Å². The summed E-state index contributed by atoms with van der Waals surface area (Å²) in [5.41, 5.74) is 6.15. The summed E-state index contributed by atoms with van der Waals surface area (Å²) in [5.74, 6) is 0.255. The maximum absolute atomic E-state index is 13.2. The second-order valence-corrected chi connectivity index (χ2v) is 6.60. The molecule has 20 heavy (non-hydrogen) atoms. The van der Waals surface area contributed by atoms with Crippen LogP contribution in [0, 0.1) is 0 Å². The maximum atomic E-state index is 13.2. The zero-order valence-corrected chi connectivity index (χ0v) is 12.8. The number of hydrogen-bond donors (Lipinski definition) is 1. The molecule has 1 aromatic heterocycles. The largest absolute Gasteiger partial charge is 0.486 e. The molecule has 0 atom stereocenters. The Hall–Kier alpha value is -1.46. The van der Waals surface area contributed by atoms with Crippen molar-refractivity contribution < 1.29 is 9.13 Å². The number of thiazole rings is 1. The first-order chi connectivity index (χ1) is 9.40. The number of fused-ring (bicyclic) bond motifs is 1. The molecule has 0 spiro atoms. The first-order valence-electron chi connectivity index (χ1n) is 6.48. The van der Waals surface area contributed by atoms with Crippen molar-refractivity contribution in [3.63, 3.8) is 0 Å². The molecule has 0 saturated carbocycles. The standard InChI is InChI=1S/C15H19FN2OS/c1-15(2,3)14-18-12-8-11(4-5-13(12)20-14)19-9-10(16)6-7-17/h4-6,8H,7,9,17H2,1-3H3/b10-6+. The van der Waals surface area contributed by atoms with E-state index in [0.717, 1.165) is 15.2 Å². The topological polar surface area (TPSA) is 48.1 Å². The van der Waals surface area contributed by atoms with E-state index < -0.39 is 0 Å². The van der Waals surface area contributed by atoms with Gasteiger partial charge in [0, 0.05) is 18.0 Å². The highest BCUT2D eigenvalue weighted by Gasteiger charge is 2.18. The van der Waals surface area contributed by atoms with E-state index in [2.05, 4.69) is 25.8 Å². The van der Waals surface area contributed by atoms with E-state index in [1.807, 2.05) is 18.2 Å². The maximum Gasteiger partial charge on any atom is 0.139 e. The molecule has 1 heterocycles. The summed E-state index contributed by atoms with van der Waals surface area (Å²) in [6, 6.07) is 5.64. The molecule has 2 N–H and O–H groups in total. The number of benzene rings is 1. The molecule has 1 aromatic carbocycles. The van der Waals surface area contributed by atoms with E-state index in [1.165, 1.54) is 6.08 Å². The predicted octanol–water partition coefficient (Wildman–Crippen LogP) is 3.78. The minimum Gasteiger partial charge on any atom is -0.486 e. The van der Waals surface area contributed by atoms with Crippen LogP contribution >= 0.6 is 11.3 Å². The first kappa shape index (κ1) is 14.9. The van der Waals surface area contributed by atoms with Crippen molar-refractivity contribution in [3.05, 3.63) is 35.1 Å². The first-order valence-corrected chi connectivity index (χ1v) is 7.30. The number of nitrogens with two attached hydrogens (primary N) is 1. The molecule has 0 radical (unpaired) electrons. The van der Waals surface area contributed by atoms with Crippen molar-refractivity contribution in [1.82, 2.24) is 4.98 Å². The van der Waals surface area contributed by atoms with Gasteiger partial charge in [-0.05, 0) is 18.2 Å². The Labute approximate surface area is 122 Å². The van der Waals surface area contributed by atoms with E-state index >= 15 is 0 Å². The zero-order chi connectivity index (χ0) is 14.8. The fraction of sp³-hybridized carbons (Fsp3) is 0.400. The van der Waals surface area contributed by atoms with Crippen molar-refractivity contribution in [2.45, 2.75) is 26.2 Å². The number of ether oxygens (including phenoxy) is 1. The summed E-state index contributed by atoms with van der Waals surface area (Å²) in [7, 11) is 0. The molecule has 5 heteroatoms. The molecule has 0 aliphatic rings. The number of rotatable bonds is 4. The van der Waals surface area contributed by atoms with E-state index in [4.69, 9.17) is 10.5 Å². The van der Waals surface area contributed by atoms with Gasteiger partial charge in [0.15, 0.2) is 0 Å². The molecular formula is C15H19FN2OS. The minimum absolute atomic E-state index is 0.0285. The van der Waals surface area contributed by atoms with Gasteiger partial charge >= 0.3 is 0 Å². The Kier molecular flexibility index (Phi) is 4.40. The Morgan fingerprint density at radius 3 is 2.85 bits per heavy atom. The molecule has 0 saturated heterocycles. The lowest BCUT2D eigenvalue weighted by atomic mass is 9.98. The Morgan fingerprint density at radius 2 is 2.20 bits per heavy atom. The highest BCUT2D eigenvalue weighted by Crippen LogP contribution is 2.32. The van der Waals surface area contributed by atoms with Gasteiger partial charge in [-0.25, -0.2) is 9.37 Å². The Balaban J connectivity index is 2.19. The highest BCUT2D eigenvalue weighted by molar-refractivity contribution is 7.18. The minimum atomic E-state index is -0.360. The van der Waals surface area contributed by atoms with Gasteiger partial charge in [-0.2, -0.15) is 0 Å². The van der Waals surface area contributed by atoms with Crippen LogP contribution in [0.2, 0.25) is 0 Å². The highest BCUT2D eigenvalue weighted by atomic mass is 32.1. The fourth-order valence-electron chi connectivity index (χ4n) is 1.66. The third-order valence-electron chi connectivity index (χ3n) is 2.72. The van der Waals surface area contributed by atoms with Crippen LogP contribution in [0.3, 0.4) is 0 Å². The van der Waals surface area contributed by atoms with Crippen molar-refractivity contribution in [1.29, 1.82) is 0 Å². The summed E-state index contributed by atoms with van der Waals surface area (Å²) < 4.78 is 19.7. The zero-order valence-electron chi connectivity index (χ0n) is 11.9. The molecule has 0 aliphatic heterocycles. The van der Waals surface area contributed by atoms with Crippen LogP contribution in [-0.2, 0) is 5.41 Å². The lowest BCUT2D eigenvalue weighted by Gasteiger charge is -2.13. The van der Waals surface area contributed by atoms with Gasteiger partial charge in [0.1, 0.15) is 18.2 Å². The molecule has 0 unspecified atom stereocenters. The van der Waals surface area contributed by atoms with E-state index in [0.29, 0.717) is 5.75 Å². The predicted molar refractivity (Wildman–Crippen MR) is 82.1 cm³/mol. The molecule has 2 aromatic rings. The molecule has 0 aliphatic carbocycles. The van der Waals surface area contributed by atoms with Crippen LogP contribution in [0.1, 0.15) is 25.8 Å². The lowest BCUT2D eigenvalue weighted by Crippen LogP contribution is -2.09. The number of hydrogen-bond acceptors (Lipinski definition) is 4. The number of aromatic nitrogens is 1. The third-order valence-corrected chi connectivity index (χ3v) is 4.18. The number of halogens is 1. The van der Waals surface area contributed by atoms with Crippen LogP contribution in [0.5, 0.6) is 5.75 Å². The van der Waals surface area contributed by atoms with E-state index in [-0.39, 0.29) is 24.4 Å². The summed E-state index contributed by atoms with van der Waals surface area (Å²) >= 11 is 1.68. The Bertz CT molecular complexity index is 628. The van der Waals surface area contributed by atoms with Crippen molar-refractivity contribution >= 4 is 21.6 Å². The number of nitrogens with zero attached hydrogens (tertiary/aromatic N) is 1. The van der Waals surface area contributed by atoms with Crippen LogP contribution in [0.25, 0.3) is 10.2 Å². The van der Waals surface area contributed by atoms with Crippen LogP contribution in [-0.4, -0.2) is 18.1 Å². The van der Waals surface area contributed by atoms with Crippen LogP contribution < -0.4 is 10.5 Å². The van der Waals surface area contributed by atoms with Crippen molar-refractivity contribution in [2.24, 2.45) is 5.73 Å². The molecule has 0 bridgehead atoms. The van der Waals surface area contributed by atoms with Gasteiger partial charge < -0.3 is 10.5 Å². The van der Waals surface area contributed by atoms with E-state index in [9.17, 15) is 4.39 Å². The summed E-state index contributed by atoms with van der Waals surface area (Å²) in [6.07, 6.45) is 1.30. The van der Waals surface area contributed by atoms with Gasteiger partial charge in [0.05, 0.1) is 15.2 Å². The second-order valence-electron chi connectivity index (χ2n) is 5.57. The van der Waals surface area contributed by atoms with Gasteiger partial charge in [-0.3, -0.25) is 0 Å².